The summed E-state index contributed by atoms with van der Waals surface area (Å²) >= 11 is 3.31. The number of non-ortho nitro benzene ring substituents is 1. The molecule has 0 N–H and O–H groups in total. The first kappa shape index (κ1) is 15.2. The smallest absolute Gasteiger partial charge is 0.269 e. The number of hydrogen-bond donors (Lipinski definition) is 0. The van der Waals surface area contributed by atoms with E-state index in [1.165, 1.54) is 24.3 Å². The first-order chi connectivity index (χ1) is 9.97. The predicted molar refractivity (Wildman–Crippen MR) is 81.7 cm³/mol. The molecule has 0 aromatic heterocycles. The molecule has 0 amide bonds. The first-order valence-electron chi connectivity index (χ1n) is 6.18. The largest absolute Gasteiger partial charge is 0.483 e. The van der Waals surface area contributed by atoms with E-state index >= 15 is 0 Å². The Morgan fingerprint density at radius 1 is 1.14 bits per heavy atom. The van der Waals surface area contributed by atoms with E-state index in [2.05, 4.69) is 15.9 Å². The molecule has 0 aliphatic heterocycles. The van der Waals surface area contributed by atoms with Crippen molar-refractivity contribution in [2.75, 3.05) is 0 Å². The molecule has 21 heavy (non-hydrogen) atoms. The van der Waals surface area contributed by atoms with Gasteiger partial charge in [-0.25, -0.2) is 0 Å². The summed E-state index contributed by atoms with van der Waals surface area (Å²) in [5, 5.41) is 10.6. The number of halogens is 1. The van der Waals surface area contributed by atoms with Gasteiger partial charge in [0.25, 0.3) is 5.69 Å². The van der Waals surface area contributed by atoms with Gasteiger partial charge in [-0.3, -0.25) is 14.9 Å². The minimum Gasteiger partial charge on any atom is -0.483 e. The fourth-order valence-corrected chi connectivity index (χ4v) is 2.02. The van der Waals surface area contributed by atoms with Crippen LogP contribution in [0.15, 0.2) is 53.0 Å². The highest BCUT2D eigenvalue weighted by atomic mass is 79.9. The molecule has 1 atom stereocenters. The second-order valence-corrected chi connectivity index (χ2v) is 5.30. The van der Waals surface area contributed by atoms with Crippen LogP contribution in [0, 0.1) is 10.1 Å². The average Bonchev–Trinajstić information content (AvgIpc) is 2.47. The molecule has 0 saturated heterocycles. The van der Waals surface area contributed by atoms with E-state index in [0.29, 0.717) is 11.3 Å². The Labute approximate surface area is 129 Å². The van der Waals surface area contributed by atoms with Gasteiger partial charge < -0.3 is 4.74 Å². The molecule has 0 bridgehead atoms. The number of ether oxygens (including phenoxy) is 1. The first-order valence-corrected chi connectivity index (χ1v) is 6.97. The number of nitrogens with zero attached hydrogens (tertiary/aromatic N) is 1. The van der Waals surface area contributed by atoms with Crippen molar-refractivity contribution in [1.29, 1.82) is 0 Å². The molecule has 0 fully saturated rings. The Balaban J connectivity index is 2.06. The SMILES string of the molecule is C[C@@H](Oc1ccc([N+](=O)[O-])cc1)C(=O)c1ccc(Br)cc1. The number of rotatable bonds is 5. The van der Waals surface area contributed by atoms with Gasteiger partial charge in [0.15, 0.2) is 6.10 Å². The summed E-state index contributed by atoms with van der Waals surface area (Å²) < 4.78 is 6.40. The molecule has 0 saturated carbocycles. The number of Topliss-reactive ketones (excluding diaryl/α,β-unsaturated/α-hetero) is 1. The molecule has 0 radical (unpaired) electrons. The van der Waals surface area contributed by atoms with E-state index in [9.17, 15) is 14.9 Å². The summed E-state index contributed by atoms with van der Waals surface area (Å²) in [5.41, 5.74) is 0.529. The predicted octanol–water partition coefficient (Wildman–Crippen LogP) is 4.01. The fourth-order valence-electron chi connectivity index (χ4n) is 1.75. The highest BCUT2D eigenvalue weighted by molar-refractivity contribution is 9.10. The van der Waals surface area contributed by atoms with Crippen LogP contribution in [0.1, 0.15) is 17.3 Å². The standard InChI is InChI=1S/C15H12BrNO4/c1-10(15(18)11-2-4-12(16)5-3-11)21-14-8-6-13(7-9-14)17(19)20/h2-10H,1H3/t10-/m1/s1. The van der Waals surface area contributed by atoms with Crippen molar-refractivity contribution in [2.24, 2.45) is 0 Å². The van der Waals surface area contributed by atoms with Crippen molar-refractivity contribution in [3.63, 3.8) is 0 Å². The number of carbonyl (C=O) groups is 1. The van der Waals surface area contributed by atoms with Gasteiger partial charge >= 0.3 is 0 Å². The van der Waals surface area contributed by atoms with Crippen LogP contribution >= 0.6 is 15.9 Å². The second-order valence-electron chi connectivity index (χ2n) is 4.38. The van der Waals surface area contributed by atoms with Crippen LogP contribution in [-0.2, 0) is 0 Å². The fraction of sp³-hybridized carbons (Fsp3) is 0.133. The molecule has 2 aromatic rings. The summed E-state index contributed by atoms with van der Waals surface area (Å²) in [6.45, 7) is 1.64. The number of hydrogen-bond acceptors (Lipinski definition) is 4. The molecule has 2 aromatic carbocycles. The normalized spacial score (nSPS) is 11.7. The van der Waals surface area contributed by atoms with E-state index in [4.69, 9.17) is 4.74 Å². The third-order valence-electron chi connectivity index (χ3n) is 2.86. The van der Waals surface area contributed by atoms with Crippen molar-refractivity contribution in [3.05, 3.63) is 68.7 Å². The lowest BCUT2D eigenvalue weighted by Crippen LogP contribution is -2.23. The zero-order valence-electron chi connectivity index (χ0n) is 11.2. The summed E-state index contributed by atoms with van der Waals surface area (Å²) in [6.07, 6.45) is -0.673. The lowest BCUT2D eigenvalue weighted by molar-refractivity contribution is -0.384. The Bertz CT molecular complexity index is 652. The highest BCUT2D eigenvalue weighted by Gasteiger charge is 2.17. The van der Waals surface area contributed by atoms with Crippen LogP contribution in [0.3, 0.4) is 0 Å². The number of nitro benzene ring substituents is 1. The molecule has 0 unspecified atom stereocenters. The van der Waals surface area contributed by atoms with E-state index < -0.39 is 11.0 Å². The van der Waals surface area contributed by atoms with E-state index in [1.807, 2.05) is 0 Å². The topological polar surface area (TPSA) is 69.4 Å². The zero-order chi connectivity index (χ0) is 15.4. The van der Waals surface area contributed by atoms with E-state index in [1.54, 1.807) is 31.2 Å². The van der Waals surface area contributed by atoms with Crippen LogP contribution in [-0.4, -0.2) is 16.8 Å². The Morgan fingerprint density at radius 3 is 2.24 bits per heavy atom. The van der Waals surface area contributed by atoms with Crippen LogP contribution in [0.5, 0.6) is 5.75 Å². The number of carbonyl (C=O) groups excluding carboxylic acids is 1. The average molecular weight is 350 g/mol. The highest BCUT2D eigenvalue weighted by Crippen LogP contribution is 2.20. The summed E-state index contributed by atoms with van der Waals surface area (Å²) in [7, 11) is 0. The Kier molecular flexibility index (Phi) is 4.70. The van der Waals surface area contributed by atoms with E-state index in [0.717, 1.165) is 4.47 Å². The molecule has 5 nitrogen and oxygen atoms in total. The molecule has 0 heterocycles. The van der Waals surface area contributed by atoms with Crippen LogP contribution in [0.25, 0.3) is 0 Å². The maximum Gasteiger partial charge on any atom is 0.269 e. The maximum absolute atomic E-state index is 12.2. The number of benzene rings is 2. The lowest BCUT2D eigenvalue weighted by Gasteiger charge is -2.13. The maximum atomic E-state index is 12.2. The van der Waals surface area contributed by atoms with Crippen molar-refractivity contribution < 1.29 is 14.5 Å². The van der Waals surface area contributed by atoms with Crippen LogP contribution < -0.4 is 4.74 Å². The molecule has 108 valence electrons. The van der Waals surface area contributed by atoms with Crippen LogP contribution in [0.4, 0.5) is 5.69 Å². The van der Waals surface area contributed by atoms with Crippen molar-refractivity contribution in [3.8, 4) is 5.75 Å². The molecule has 0 aliphatic rings. The summed E-state index contributed by atoms with van der Waals surface area (Å²) in [5.74, 6) is 0.263. The van der Waals surface area contributed by atoms with E-state index in [-0.39, 0.29) is 11.5 Å². The van der Waals surface area contributed by atoms with Gasteiger partial charge in [-0.2, -0.15) is 0 Å². The van der Waals surface area contributed by atoms with Gasteiger partial charge in [-0.15, -0.1) is 0 Å². The quantitative estimate of drug-likeness (QED) is 0.464. The molecular weight excluding hydrogens is 338 g/mol. The van der Waals surface area contributed by atoms with Gasteiger partial charge in [0.2, 0.25) is 5.78 Å². The molecule has 2 rings (SSSR count). The monoisotopic (exact) mass is 349 g/mol. The molecule has 0 spiro atoms. The third kappa shape index (κ3) is 3.88. The number of nitro groups is 1. The van der Waals surface area contributed by atoms with Gasteiger partial charge in [0, 0.05) is 22.2 Å². The van der Waals surface area contributed by atoms with Crippen molar-refractivity contribution >= 4 is 27.4 Å². The minimum absolute atomic E-state index is 0.0192. The molecule has 6 heteroatoms. The van der Waals surface area contributed by atoms with Gasteiger partial charge in [-0.05, 0) is 31.2 Å². The van der Waals surface area contributed by atoms with Gasteiger partial charge in [0.05, 0.1) is 4.92 Å². The van der Waals surface area contributed by atoms with Crippen molar-refractivity contribution in [1.82, 2.24) is 0 Å². The Hall–Kier alpha value is -2.21. The lowest BCUT2D eigenvalue weighted by atomic mass is 10.1. The molecule has 0 aliphatic carbocycles. The molecular formula is C15H12BrNO4. The summed E-state index contributed by atoms with van der Waals surface area (Å²) in [4.78, 5) is 22.3. The number of ketones is 1. The Morgan fingerprint density at radius 2 is 1.71 bits per heavy atom. The zero-order valence-corrected chi connectivity index (χ0v) is 12.7. The second kappa shape index (κ2) is 6.49. The third-order valence-corrected chi connectivity index (χ3v) is 3.39. The van der Waals surface area contributed by atoms with Crippen LogP contribution in [0.2, 0.25) is 0 Å². The van der Waals surface area contributed by atoms with Gasteiger partial charge in [0.1, 0.15) is 5.75 Å². The minimum atomic E-state index is -0.673. The summed E-state index contributed by atoms with van der Waals surface area (Å²) in [6, 6.07) is 12.6. The van der Waals surface area contributed by atoms with Crippen molar-refractivity contribution in [2.45, 2.75) is 13.0 Å². The van der Waals surface area contributed by atoms with Gasteiger partial charge in [-0.1, -0.05) is 28.1 Å².